The van der Waals surface area contributed by atoms with E-state index in [0.717, 1.165) is 25.2 Å². The Morgan fingerprint density at radius 3 is 2.38 bits per heavy atom. The van der Waals surface area contributed by atoms with Gasteiger partial charge in [0.25, 0.3) is 0 Å². The topological polar surface area (TPSA) is 68.2 Å². The van der Waals surface area contributed by atoms with Gasteiger partial charge in [0.05, 0.1) is 11.6 Å². The number of nitriles is 1. The van der Waals surface area contributed by atoms with Gasteiger partial charge in [0.1, 0.15) is 0 Å². The van der Waals surface area contributed by atoms with Gasteiger partial charge >= 0.3 is 6.03 Å². The van der Waals surface area contributed by atoms with Gasteiger partial charge in [0.2, 0.25) is 0 Å². The number of nitrogens with zero attached hydrogens (tertiary/aromatic N) is 2. The van der Waals surface area contributed by atoms with E-state index in [4.69, 9.17) is 5.26 Å². The molecule has 1 aliphatic rings. The molecule has 2 aromatic rings. The number of hydrogen-bond donors (Lipinski definition) is 2. The van der Waals surface area contributed by atoms with Gasteiger partial charge in [-0.3, -0.25) is 4.90 Å². The van der Waals surface area contributed by atoms with Crippen molar-refractivity contribution >= 4 is 11.7 Å². The highest BCUT2D eigenvalue weighted by atomic mass is 16.2. The number of nitrogens with one attached hydrogen (secondary N) is 2. The minimum absolute atomic E-state index is 0.248. The maximum absolute atomic E-state index is 12.1. The molecule has 1 saturated heterocycles. The number of hydrogen-bond acceptors (Lipinski definition) is 3. The molecular formula is C21H24N4O. The zero-order valence-corrected chi connectivity index (χ0v) is 14.9. The predicted octanol–water partition coefficient (Wildman–Crippen LogP) is 3.87. The second-order valence-electron chi connectivity index (χ2n) is 6.60. The lowest BCUT2D eigenvalue weighted by Gasteiger charge is -2.27. The van der Waals surface area contributed by atoms with Crippen LogP contribution in [-0.4, -0.2) is 24.0 Å². The summed E-state index contributed by atoms with van der Waals surface area (Å²) in [5, 5.41) is 14.5. The van der Waals surface area contributed by atoms with E-state index in [2.05, 4.69) is 39.8 Å². The van der Waals surface area contributed by atoms with Crippen molar-refractivity contribution in [1.82, 2.24) is 10.2 Å². The Balaban J connectivity index is 1.55. The average molecular weight is 348 g/mol. The van der Waals surface area contributed by atoms with Crippen LogP contribution in [0.4, 0.5) is 10.5 Å². The van der Waals surface area contributed by atoms with Crippen LogP contribution in [0.5, 0.6) is 0 Å². The summed E-state index contributed by atoms with van der Waals surface area (Å²) in [5.41, 5.74) is 3.66. The molecule has 1 heterocycles. The van der Waals surface area contributed by atoms with Gasteiger partial charge < -0.3 is 10.6 Å². The molecule has 5 nitrogen and oxygen atoms in total. The summed E-state index contributed by atoms with van der Waals surface area (Å²) in [6, 6.07) is 16.9. The maximum Gasteiger partial charge on any atom is 0.319 e. The van der Waals surface area contributed by atoms with Crippen LogP contribution in [0.15, 0.2) is 48.5 Å². The van der Waals surface area contributed by atoms with E-state index >= 15 is 0 Å². The fraction of sp³-hybridized carbons (Fsp3) is 0.333. The fourth-order valence-corrected chi connectivity index (χ4v) is 3.22. The smallest absolute Gasteiger partial charge is 0.319 e. The Hall–Kier alpha value is -2.84. The van der Waals surface area contributed by atoms with Crippen LogP contribution in [-0.2, 0) is 13.1 Å². The van der Waals surface area contributed by atoms with E-state index in [1.165, 1.54) is 24.8 Å². The van der Waals surface area contributed by atoms with Crippen molar-refractivity contribution < 1.29 is 4.79 Å². The van der Waals surface area contributed by atoms with Crippen LogP contribution >= 0.6 is 0 Å². The minimum atomic E-state index is -0.248. The van der Waals surface area contributed by atoms with E-state index in [-0.39, 0.29) is 6.03 Å². The molecule has 26 heavy (non-hydrogen) atoms. The van der Waals surface area contributed by atoms with Crippen molar-refractivity contribution in [3.05, 3.63) is 65.2 Å². The molecule has 2 N–H and O–H groups in total. The molecule has 0 aliphatic carbocycles. The summed E-state index contributed by atoms with van der Waals surface area (Å²) in [6.45, 7) is 3.74. The van der Waals surface area contributed by atoms with Gasteiger partial charge in [0, 0.05) is 18.8 Å². The number of carbonyl (C=O) groups is 1. The van der Waals surface area contributed by atoms with Crippen LogP contribution in [0.1, 0.15) is 36.0 Å². The quantitative estimate of drug-likeness (QED) is 0.862. The van der Waals surface area contributed by atoms with Crippen molar-refractivity contribution in [2.45, 2.75) is 32.4 Å². The normalized spacial score (nSPS) is 14.4. The van der Waals surface area contributed by atoms with Crippen molar-refractivity contribution in [3.63, 3.8) is 0 Å². The highest BCUT2D eigenvalue weighted by molar-refractivity contribution is 5.89. The maximum atomic E-state index is 12.1. The molecule has 3 rings (SSSR count). The predicted molar refractivity (Wildman–Crippen MR) is 103 cm³/mol. The van der Waals surface area contributed by atoms with Gasteiger partial charge in [-0.25, -0.2) is 4.79 Å². The van der Waals surface area contributed by atoms with Gasteiger partial charge in [-0.05, 0) is 61.3 Å². The first kappa shape index (κ1) is 18.0. The van der Waals surface area contributed by atoms with Crippen LogP contribution in [0, 0.1) is 11.3 Å². The third-order valence-corrected chi connectivity index (χ3v) is 4.67. The summed E-state index contributed by atoms with van der Waals surface area (Å²) in [7, 11) is 0. The largest absolute Gasteiger partial charge is 0.334 e. The van der Waals surface area contributed by atoms with E-state index in [1.807, 2.05) is 6.07 Å². The second kappa shape index (κ2) is 9.02. The Morgan fingerprint density at radius 1 is 1.00 bits per heavy atom. The standard InChI is InChI=1S/C21H24N4O/c22-14-17-8-10-20(11-9-17)24-21(26)23-15-18-6-2-3-7-19(18)16-25-12-4-1-5-13-25/h2-3,6-11H,1,4-5,12-13,15-16H2,(H2,23,24,26). The SMILES string of the molecule is N#Cc1ccc(NC(=O)NCc2ccccc2CN2CCCCC2)cc1. The van der Waals surface area contributed by atoms with E-state index in [9.17, 15) is 4.79 Å². The van der Waals surface area contributed by atoms with Gasteiger partial charge in [-0.15, -0.1) is 0 Å². The first-order valence-corrected chi connectivity index (χ1v) is 9.09. The fourth-order valence-electron chi connectivity index (χ4n) is 3.22. The first-order chi connectivity index (χ1) is 12.7. The molecule has 2 aromatic carbocycles. The summed E-state index contributed by atoms with van der Waals surface area (Å²) >= 11 is 0. The van der Waals surface area contributed by atoms with Crippen molar-refractivity contribution in [1.29, 1.82) is 5.26 Å². The Morgan fingerprint density at radius 2 is 1.69 bits per heavy atom. The van der Waals surface area contributed by atoms with Crippen LogP contribution in [0.2, 0.25) is 0 Å². The van der Waals surface area contributed by atoms with Crippen LogP contribution < -0.4 is 10.6 Å². The zero-order chi connectivity index (χ0) is 18.2. The summed E-state index contributed by atoms with van der Waals surface area (Å²) in [4.78, 5) is 14.6. The molecule has 0 aromatic heterocycles. The molecule has 1 aliphatic heterocycles. The minimum Gasteiger partial charge on any atom is -0.334 e. The Kier molecular flexibility index (Phi) is 6.24. The van der Waals surface area contributed by atoms with Crippen molar-refractivity contribution in [3.8, 4) is 6.07 Å². The lowest BCUT2D eigenvalue weighted by molar-refractivity contribution is 0.220. The monoisotopic (exact) mass is 348 g/mol. The molecule has 0 saturated carbocycles. The molecule has 0 radical (unpaired) electrons. The highest BCUT2D eigenvalue weighted by Crippen LogP contribution is 2.16. The summed E-state index contributed by atoms with van der Waals surface area (Å²) < 4.78 is 0. The third-order valence-electron chi connectivity index (χ3n) is 4.67. The Labute approximate surface area is 154 Å². The summed E-state index contributed by atoms with van der Waals surface area (Å²) in [5.74, 6) is 0. The van der Waals surface area contributed by atoms with Gasteiger partial charge in [-0.1, -0.05) is 30.7 Å². The molecule has 5 heteroatoms. The lowest BCUT2D eigenvalue weighted by Crippen LogP contribution is -2.31. The van der Waals surface area contributed by atoms with Crippen molar-refractivity contribution in [2.75, 3.05) is 18.4 Å². The second-order valence-corrected chi connectivity index (χ2v) is 6.60. The third kappa shape index (κ3) is 5.08. The number of carbonyl (C=O) groups excluding carboxylic acids is 1. The van der Waals surface area contributed by atoms with Crippen LogP contribution in [0.3, 0.4) is 0 Å². The van der Waals surface area contributed by atoms with Gasteiger partial charge in [0.15, 0.2) is 0 Å². The summed E-state index contributed by atoms with van der Waals surface area (Å²) in [6.07, 6.45) is 3.87. The lowest BCUT2D eigenvalue weighted by atomic mass is 10.0. The number of rotatable bonds is 5. The van der Waals surface area contributed by atoms with E-state index in [0.29, 0.717) is 17.8 Å². The molecule has 1 fully saturated rings. The molecule has 0 spiro atoms. The number of urea groups is 1. The highest BCUT2D eigenvalue weighted by Gasteiger charge is 2.12. The molecular weight excluding hydrogens is 324 g/mol. The molecule has 0 atom stereocenters. The molecule has 0 unspecified atom stereocenters. The molecule has 134 valence electrons. The number of piperidine rings is 1. The first-order valence-electron chi connectivity index (χ1n) is 9.09. The van der Waals surface area contributed by atoms with Crippen molar-refractivity contribution in [2.24, 2.45) is 0 Å². The van der Waals surface area contributed by atoms with Crippen LogP contribution in [0.25, 0.3) is 0 Å². The average Bonchev–Trinajstić information content (AvgIpc) is 2.69. The number of amides is 2. The Bertz CT molecular complexity index is 773. The van der Waals surface area contributed by atoms with E-state index < -0.39 is 0 Å². The number of anilines is 1. The zero-order valence-electron chi connectivity index (χ0n) is 14.9. The van der Waals surface area contributed by atoms with E-state index in [1.54, 1.807) is 24.3 Å². The number of benzene rings is 2. The molecule has 0 bridgehead atoms. The number of likely N-dealkylation sites (tertiary alicyclic amines) is 1. The van der Waals surface area contributed by atoms with Gasteiger partial charge in [-0.2, -0.15) is 5.26 Å². The molecule has 2 amide bonds.